The van der Waals surface area contributed by atoms with Crippen LogP contribution >= 0.6 is 0 Å². The molecule has 5 heteroatoms. The molecule has 142 valence electrons. The molecule has 0 atom stereocenters. The minimum Gasteiger partial charge on any atom is -0.459 e. The topological polar surface area (TPSA) is 71.3 Å². The largest absolute Gasteiger partial charge is 0.459 e. The van der Waals surface area contributed by atoms with Gasteiger partial charge in [-0.15, -0.1) is 0 Å². The van der Waals surface area contributed by atoms with Crippen molar-refractivity contribution >= 4 is 17.5 Å². The van der Waals surface area contributed by atoms with Crippen molar-refractivity contribution in [1.82, 2.24) is 5.32 Å². The maximum Gasteiger partial charge on any atom is 0.291 e. The Morgan fingerprint density at radius 1 is 0.964 bits per heavy atom. The van der Waals surface area contributed by atoms with Gasteiger partial charge in [-0.1, -0.05) is 36.4 Å². The molecule has 28 heavy (non-hydrogen) atoms. The fraction of sp³-hybridized carbons (Fsp3) is 0.217. The van der Waals surface area contributed by atoms with E-state index in [0.29, 0.717) is 11.3 Å². The molecule has 0 saturated heterocycles. The van der Waals surface area contributed by atoms with Crippen molar-refractivity contribution in [3.8, 4) is 0 Å². The summed E-state index contributed by atoms with van der Waals surface area (Å²) in [7, 11) is 0. The highest BCUT2D eigenvalue weighted by Gasteiger charge is 2.40. The van der Waals surface area contributed by atoms with E-state index in [-0.39, 0.29) is 23.1 Å². The van der Waals surface area contributed by atoms with Gasteiger partial charge in [0.1, 0.15) is 0 Å². The molecule has 3 aromatic rings. The van der Waals surface area contributed by atoms with Crippen LogP contribution in [0.3, 0.4) is 0 Å². The molecule has 2 aromatic carbocycles. The highest BCUT2D eigenvalue weighted by atomic mass is 16.3. The van der Waals surface area contributed by atoms with E-state index < -0.39 is 0 Å². The van der Waals surface area contributed by atoms with E-state index in [9.17, 15) is 9.59 Å². The third-order valence-electron chi connectivity index (χ3n) is 5.38. The van der Waals surface area contributed by atoms with Crippen LogP contribution in [0.4, 0.5) is 5.69 Å². The Kier molecular flexibility index (Phi) is 4.74. The number of aryl methyl sites for hydroxylation is 1. The molecule has 4 rings (SSSR count). The van der Waals surface area contributed by atoms with Crippen LogP contribution in [0.1, 0.15) is 51.3 Å². The molecule has 1 aliphatic rings. The number of benzene rings is 2. The van der Waals surface area contributed by atoms with Gasteiger partial charge in [0.15, 0.2) is 5.76 Å². The number of hydrogen-bond donors (Lipinski definition) is 2. The third-order valence-corrected chi connectivity index (χ3v) is 5.38. The minimum absolute atomic E-state index is 0.142. The zero-order valence-electron chi connectivity index (χ0n) is 15.7. The van der Waals surface area contributed by atoms with Gasteiger partial charge in [0, 0.05) is 11.3 Å². The number of nitrogens with one attached hydrogen (secondary N) is 2. The van der Waals surface area contributed by atoms with Gasteiger partial charge < -0.3 is 15.1 Å². The normalized spacial score (nSPS) is 14.8. The molecule has 1 aromatic heterocycles. The molecule has 0 bridgehead atoms. The van der Waals surface area contributed by atoms with E-state index in [1.165, 1.54) is 6.26 Å². The summed E-state index contributed by atoms with van der Waals surface area (Å²) >= 11 is 0. The van der Waals surface area contributed by atoms with Crippen molar-refractivity contribution in [3.05, 3.63) is 89.4 Å². The first kappa shape index (κ1) is 18.0. The van der Waals surface area contributed by atoms with E-state index in [4.69, 9.17) is 4.42 Å². The molecular weight excluding hydrogens is 352 g/mol. The molecule has 2 amide bonds. The maximum absolute atomic E-state index is 13.0. The van der Waals surface area contributed by atoms with E-state index in [1.807, 2.05) is 31.2 Å². The van der Waals surface area contributed by atoms with E-state index in [1.54, 1.807) is 24.3 Å². The third kappa shape index (κ3) is 3.43. The number of amides is 2. The molecule has 1 saturated carbocycles. The lowest BCUT2D eigenvalue weighted by molar-refractivity contribution is 0.0823. The van der Waals surface area contributed by atoms with Crippen molar-refractivity contribution in [2.45, 2.75) is 31.7 Å². The number of anilines is 1. The van der Waals surface area contributed by atoms with Gasteiger partial charge in [0.05, 0.1) is 11.8 Å². The van der Waals surface area contributed by atoms with E-state index >= 15 is 0 Å². The van der Waals surface area contributed by atoms with Crippen LogP contribution in [0.25, 0.3) is 0 Å². The second kappa shape index (κ2) is 7.35. The van der Waals surface area contributed by atoms with Crippen molar-refractivity contribution in [1.29, 1.82) is 0 Å². The second-order valence-corrected chi connectivity index (χ2v) is 7.22. The number of hydrogen-bond acceptors (Lipinski definition) is 3. The summed E-state index contributed by atoms with van der Waals surface area (Å²) in [5.41, 5.74) is 2.81. The number of carbonyl (C=O) groups is 2. The van der Waals surface area contributed by atoms with Crippen LogP contribution in [0.2, 0.25) is 0 Å². The van der Waals surface area contributed by atoms with Crippen LogP contribution in [-0.4, -0.2) is 11.8 Å². The van der Waals surface area contributed by atoms with Crippen molar-refractivity contribution in [3.63, 3.8) is 0 Å². The molecule has 0 unspecified atom stereocenters. The van der Waals surface area contributed by atoms with Crippen LogP contribution in [-0.2, 0) is 5.54 Å². The molecule has 0 radical (unpaired) electrons. The average molecular weight is 374 g/mol. The quantitative estimate of drug-likeness (QED) is 0.683. The van der Waals surface area contributed by atoms with Gasteiger partial charge >= 0.3 is 0 Å². The molecule has 2 N–H and O–H groups in total. The summed E-state index contributed by atoms with van der Waals surface area (Å²) in [5, 5.41) is 6.04. The van der Waals surface area contributed by atoms with Gasteiger partial charge in [-0.05, 0) is 61.6 Å². The molecule has 1 heterocycles. The highest BCUT2D eigenvalue weighted by molar-refractivity contribution is 6.04. The molecule has 0 aliphatic heterocycles. The minimum atomic E-state index is -0.342. The summed E-state index contributed by atoms with van der Waals surface area (Å²) in [6, 6.07) is 18.7. The summed E-state index contributed by atoms with van der Waals surface area (Å²) < 4.78 is 5.13. The number of rotatable bonds is 5. The van der Waals surface area contributed by atoms with Gasteiger partial charge in [-0.3, -0.25) is 9.59 Å². The summed E-state index contributed by atoms with van der Waals surface area (Å²) in [6.45, 7) is 1.89. The van der Waals surface area contributed by atoms with Gasteiger partial charge in [0.25, 0.3) is 11.8 Å². The van der Waals surface area contributed by atoms with E-state index in [0.717, 1.165) is 30.4 Å². The Morgan fingerprint density at radius 3 is 2.39 bits per heavy atom. The first-order valence-corrected chi connectivity index (χ1v) is 9.41. The number of carbonyl (C=O) groups excluding carboxylic acids is 2. The van der Waals surface area contributed by atoms with Crippen molar-refractivity contribution in [2.24, 2.45) is 0 Å². The Hall–Kier alpha value is -3.34. The summed E-state index contributed by atoms with van der Waals surface area (Å²) in [6.07, 6.45) is 4.40. The van der Waals surface area contributed by atoms with Gasteiger partial charge in [0.2, 0.25) is 0 Å². The molecular formula is C23H22N2O3. The zero-order chi connectivity index (χ0) is 19.6. The van der Waals surface area contributed by atoms with Gasteiger partial charge in [-0.25, -0.2) is 0 Å². The summed E-state index contributed by atoms with van der Waals surface area (Å²) in [5.74, 6) is -0.255. The lowest BCUT2D eigenvalue weighted by Gasteiger charge is -2.43. The molecule has 1 aliphatic carbocycles. The zero-order valence-corrected chi connectivity index (χ0v) is 15.7. The Labute approximate surface area is 163 Å². The molecule has 1 fully saturated rings. The predicted octanol–water partition coefficient (Wildman–Crippen LogP) is 4.65. The maximum atomic E-state index is 13.0. The first-order chi connectivity index (χ1) is 13.6. The van der Waals surface area contributed by atoms with Crippen LogP contribution in [0.15, 0.2) is 71.3 Å². The SMILES string of the molecule is Cc1ccc(C(=O)NC2(c3ccccc3)CCC2)cc1NC(=O)c1ccco1. The summed E-state index contributed by atoms with van der Waals surface area (Å²) in [4.78, 5) is 25.2. The predicted molar refractivity (Wildman–Crippen MR) is 107 cm³/mol. The number of furan rings is 1. The van der Waals surface area contributed by atoms with E-state index in [2.05, 4.69) is 22.8 Å². The smallest absolute Gasteiger partial charge is 0.291 e. The monoisotopic (exact) mass is 374 g/mol. The van der Waals surface area contributed by atoms with Crippen LogP contribution in [0.5, 0.6) is 0 Å². The Bertz CT molecular complexity index is 990. The highest BCUT2D eigenvalue weighted by Crippen LogP contribution is 2.41. The lowest BCUT2D eigenvalue weighted by atomic mass is 9.71. The standard InChI is InChI=1S/C23H22N2O3/c1-16-10-11-17(15-19(16)24-22(27)20-9-5-14-28-20)21(26)25-23(12-6-13-23)18-7-3-2-4-8-18/h2-5,7-11,14-15H,6,12-13H2,1H3,(H,24,27)(H,25,26). The van der Waals surface area contributed by atoms with Crippen molar-refractivity contribution in [2.75, 3.05) is 5.32 Å². The first-order valence-electron chi connectivity index (χ1n) is 9.41. The Morgan fingerprint density at radius 2 is 1.75 bits per heavy atom. The average Bonchev–Trinajstić information content (AvgIpc) is 3.22. The fourth-order valence-electron chi connectivity index (χ4n) is 3.55. The lowest BCUT2D eigenvalue weighted by Crippen LogP contribution is -2.50. The molecule has 5 nitrogen and oxygen atoms in total. The van der Waals surface area contributed by atoms with Crippen molar-refractivity contribution < 1.29 is 14.0 Å². The van der Waals surface area contributed by atoms with Crippen LogP contribution < -0.4 is 10.6 Å². The fourth-order valence-corrected chi connectivity index (χ4v) is 3.55. The second-order valence-electron chi connectivity index (χ2n) is 7.22. The Balaban J connectivity index is 1.54. The molecule has 0 spiro atoms. The van der Waals surface area contributed by atoms with Crippen LogP contribution in [0, 0.1) is 6.92 Å². The van der Waals surface area contributed by atoms with Gasteiger partial charge in [-0.2, -0.15) is 0 Å².